The van der Waals surface area contributed by atoms with E-state index >= 15 is 0 Å². The zero-order valence-corrected chi connectivity index (χ0v) is 21.9. The molecule has 0 aromatic carbocycles. The molecule has 2 saturated heterocycles. The molecule has 0 amide bonds. The lowest BCUT2D eigenvalue weighted by molar-refractivity contribution is 0.373. The largest absolute Gasteiger partial charge is 0.313 e. The molecule has 1 aliphatic carbocycles. The van der Waals surface area contributed by atoms with Crippen molar-refractivity contribution < 1.29 is 0 Å². The van der Waals surface area contributed by atoms with Gasteiger partial charge < -0.3 is 10.6 Å². The second-order valence-corrected chi connectivity index (χ2v) is 15.4. The van der Waals surface area contributed by atoms with Crippen molar-refractivity contribution in [3.8, 4) is 0 Å². The van der Waals surface area contributed by atoms with Crippen molar-refractivity contribution in [2.24, 2.45) is 5.92 Å². The van der Waals surface area contributed by atoms with Gasteiger partial charge in [0.2, 0.25) is 0 Å². The van der Waals surface area contributed by atoms with Crippen LogP contribution in [0.5, 0.6) is 0 Å². The standard InChI is InChI=1S/C25H46N2P2/c1-7-23(3,4)29(24(5,6)8-2)18-19-12-9-13-20(19)25(28,21-14-10-16-26-21)22-15-11-17-27-22/h9,12-13,19,21-22,26-27H,7-8,10-11,14-18,28H2,1-6H3. The third kappa shape index (κ3) is 4.72. The lowest BCUT2D eigenvalue weighted by Crippen LogP contribution is -2.56. The normalized spacial score (nSPS) is 30.2. The number of hydrogen-bond donors (Lipinski definition) is 2. The van der Waals surface area contributed by atoms with Crippen molar-refractivity contribution in [1.29, 1.82) is 0 Å². The van der Waals surface area contributed by atoms with Crippen molar-refractivity contribution in [2.75, 3.05) is 19.3 Å². The van der Waals surface area contributed by atoms with Gasteiger partial charge in [0.05, 0.1) is 0 Å². The number of nitrogens with one attached hydrogen (secondary N) is 2. The second kappa shape index (κ2) is 9.40. The maximum absolute atomic E-state index is 3.88. The van der Waals surface area contributed by atoms with E-state index in [-0.39, 0.29) is 13.1 Å². The monoisotopic (exact) mass is 436 g/mol. The van der Waals surface area contributed by atoms with Gasteiger partial charge in [-0.15, -0.1) is 9.24 Å². The summed E-state index contributed by atoms with van der Waals surface area (Å²) in [7, 11) is 3.30. The Balaban J connectivity index is 1.91. The van der Waals surface area contributed by atoms with Crippen molar-refractivity contribution in [2.45, 2.75) is 108 Å². The molecule has 0 aromatic heterocycles. The molecule has 2 fully saturated rings. The van der Waals surface area contributed by atoms with E-state index in [2.05, 4.69) is 79.6 Å². The average molecular weight is 437 g/mol. The third-order valence-electron chi connectivity index (χ3n) is 8.36. The molecular weight excluding hydrogens is 390 g/mol. The van der Waals surface area contributed by atoms with E-state index in [0.717, 1.165) is 0 Å². The van der Waals surface area contributed by atoms with Crippen molar-refractivity contribution in [1.82, 2.24) is 10.6 Å². The van der Waals surface area contributed by atoms with Gasteiger partial charge in [-0.05, 0) is 73.7 Å². The summed E-state index contributed by atoms with van der Waals surface area (Å²) in [5, 5.41) is 8.77. The molecule has 2 N–H and O–H groups in total. The Morgan fingerprint density at radius 1 is 0.966 bits per heavy atom. The highest BCUT2D eigenvalue weighted by molar-refractivity contribution is 7.60. The molecule has 4 atom stereocenters. The summed E-state index contributed by atoms with van der Waals surface area (Å²) in [5.74, 6) is 0.597. The molecule has 0 spiro atoms. The van der Waals surface area contributed by atoms with Crippen LogP contribution in [0.25, 0.3) is 0 Å². The minimum atomic E-state index is -0.0987. The fourth-order valence-corrected chi connectivity index (χ4v) is 10.8. The van der Waals surface area contributed by atoms with Gasteiger partial charge in [0.15, 0.2) is 0 Å². The van der Waals surface area contributed by atoms with Crippen LogP contribution in [-0.4, -0.2) is 46.8 Å². The minimum absolute atomic E-state index is 0.0987. The maximum Gasteiger partial charge on any atom is 0.0370 e. The molecule has 0 aromatic rings. The quantitative estimate of drug-likeness (QED) is 0.428. The van der Waals surface area contributed by atoms with E-state index < -0.39 is 0 Å². The van der Waals surface area contributed by atoms with Crippen molar-refractivity contribution in [3.63, 3.8) is 0 Å². The highest BCUT2D eigenvalue weighted by Crippen LogP contribution is 2.64. The molecule has 166 valence electrons. The zero-order valence-electron chi connectivity index (χ0n) is 19.9. The number of hydrogen-bond acceptors (Lipinski definition) is 2. The van der Waals surface area contributed by atoms with Gasteiger partial charge in [-0.2, -0.15) is 0 Å². The molecule has 0 saturated carbocycles. The Morgan fingerprint density at radius 3 is 1.90 bits per heavy atom. The minimum Gasteiger partial charge on any atom is -0.313 e. The van der Waals surface area contributed by atoms with Gasteiger partial charge in [0.1, 0.15) is 0 Å². The summed E-state index contributed by atoms with van der Waals surface area (Å²) < 4.78 is 0. The lowest BCUT2D eigenvalue weighted by Gasteiger charge is -2.49. The molecule has 2 aliphatic heterocycles. The van der Waals surface area contributed by atoms with E-state index in [1.807, 2.05) is 0 Å². The molecule has 4 unspecified atom stereocenters. The first-order chi connectivity index (χ1) is 13.7. The van der Waals surface area contributed by atoms with E-state index in [0.29, 0.717) is 28.3 Å². The Labute approximate surface area is 184 Å². The fraction of sp³-hybridized carbons (Fsp3) is 0.840. The molecule has 29 heavy (non-hydrogen) atoms. The number of rotatable bonds is 9. The Morgan fingerprint density at radius 2 is 1.48 bits per heavy atom. The van der Waals surface area contributed by atoms with Crippen LogP contribution in [-0.2, 0) is 0 Å². The maximum atomic E-state index is 3.88. The smallest absolute Gasteiger partial charge is 0.0370 e. The third-order valence-corrected chi connectivity index (χ3v) is 13.8. The van der Waals surface area contributed by atoms with Crippen molar-refractivity contribution in [3.05, 3.63) is 23.8 Å². The molecule has 0 bridgehead atoms. The van der Waals surface area contributed by atoms with Crippen LogP contribution in [0.15, 0.2) is 23.8 Å². The molecule has 0 radical (unpaired) electrons. The van der Waals surface area contributed by atoms with E-state index in [1.165, 1.54) is 57.8 Å². The summed E-state index contributed by atoms with van der Waals surface area (Å²) in [5.41, 5.74) is 1.69. The predicted molar refractivity (Wildman–Crippen MR) is 136 cm³/mol. The van der Waals surface area contributed by atoms with Crippen molar-refractivity contribution >= 4 is 17.2 Å². The highest BCUT2D eigenvalue weighted by Gasteiger charge is 2.49. The summed E-state index contributed by atoms with van der Waals surface area (Å²) in [4.78, 5) is 0. The van der Waals surface area contributed by atoms with Crippen LogP contribution in [0, 0.1) is 5.92 Å². The van der Waals surface area contributed by atoms with Gasteiger partial charge in [-0.25, -0.2) is 0 Å². The Kier molecular flexibility index (Phi) is 7.75. The van der Waals surface area contributed by atoms with Crippen LogP contribution in [0.2, 0.25) is 0 Å². The second-order valence-electron chi connectivity index (χ2n) is 10.8. The van der Waals surface area contributed by atoms with Crippen LogP contribution in [0.1, 0.15) is 80.1 Å². The predicted octanol–water partition coefficient (Wildman–Crippen LogP) is 6.08. The molecule has 3 rings (SSSR count). The highest BCUT2D eigenvalue weighted by atomic mass is 31.1. The first kappa shape index (κ1) is 23.9. The van der Waals surface area contributed by atoms with Crippen LogP contribution >= 0.6 is 17.2 Å². The van der Waals surface area contributed by atoms with E-state index in [9.17, 15) is 0 Å². The summed E-state index contributed by atoms with van der Waals surface area (Å²) in [6.07, 6.45) is 16.5. The molecule has 2 nitrogen and oxygen atoms in total. The summed E-state index contributed by atoms with van der Waals surface area (Å²) in [6.45, 7) is 17.3. The summed E-state index contributed by atoms with van der Waals surface area (Å²) >= 11 is 0. The van der Waals surface area contributed by atoms with Gasteiger partial charge in [-0.1, -0.05) is 67.7 Å². The summed E-state index contributed by atoms with van der Waals surface area (Å²) in [6, 6.07) is 1.17. The first-order valence-corrected chi connectivity index (χ1v) is 14.2. The average Bonchev–Trinajstić information content (AvgIpc) is 3.47. The Hall–Kier alpha value is 0.260. The van der Waals surface area contributed by atoms with Gasteiger partial charge in [0, 0.05) is 23.2 Å². The molecular formula is C25H46N2P2. The van der Waals surface area contributed by atoms with Gasteiger partial charge in [0.25, 0.3) is 0 Å². The van der Waals surface area contributed by atoms with Crippen LogP contribution in [0.3, 0.4) is 0 Å². The van der Waals surface area contributed by atoms with Crippen LogP contribution < -0.4 is 10.6 Å². The molecule has 4 heteroatoms. The Bertz CT molecular complexity index is 578. The SMILES string of the molecule is CCC(C)(C)P(CC1C=CC=C1C(P)(C1CCCN1)C1CCCN1)C(C)(C)CC. The van der Waals surface area contributed by atoms with Gasteiger partial charge >= 0.3 is 0 Å². The lowest BCUT2D eigenvalue weighted by atomic mass is 9.78. The van der Waals surface area contributed by atoms with E-state index in [4.69, 9.17) is 0 Å². The molecule has 3 aliphatic rings. The topological polar surface area (TPSA) is 24.1 Å². The van der Waals surface area contributed by atoms with E-state index in [1.54, 1.807) is 5.57 Å². The first-order valence-electron chi connectivity index (χ1n) is 12.1. The van der Waals surface area contributed by atoms with Gasteiger partial charge in [-0.3, -0.25) is 0 Å². The fourth-order valence-electron chi connectivity index (χ4n) is 5.87. The molecule has 2 heterocycles. The number of allylic oxidation sites excluding steroid dienone is 3. The zero-order chi connectivity index (χ0) is 21.3. The van der Waals surface area contributed by atoms with Crippen LogP contribution in [0.4, 0.5) is 0 Å².